The Bertz CT molecular complexity index is 483. The molecular formula is C12H14F3NO2Si. The molecule has 104 valence electrons. The molecule has 19 heavy (non-hydrogen) atoms. The van der Waals surface area contributed by atoms with Crippen molar-refractivity contribution in [1.29, 1.82) is 5.26 Å². The van der Waals surface area contributed by atoms with Gasteiger partial charge in [0.25, 0.3) is 0 Å². The van der Waals surface area contributed by atoms with Crippen LogP contribution in [0.2, 0.25) is 19.6 Å². The van der Waals surface area contributed by atoms with E-state index in [0.29, 0.717) is 0 Å². The molecular weight excluding hydrogens is 275 g/mol. The second kappa shape index (κ2) is 6.08. The fourth-order valence-corrected chi connectivity index (χ4v) is 2.33. The Hall–Kier alpha value is -1.52. The van der Waals surface area contributed by atoms with E-state index in [1.165, 1.54) is 0 Å². The standard InChI is InChI=1S/C12H14F3NO2Si/c1-19(2,3)18-11(7-16)9-6-8(13)4-5-10(9)17-12(14)15/h4-6,11-12H,1-3H3. The third kappa shape index (κ3) is 4.93. The molecule has 1 rings (SSSR count). The van der Waals surface area contributed by atoms with Crippen molar-refractivity contribution in [3.8, 4) is 11.8 Å². The highest BCUT2D eigenvalue weighted by Gasteiger charge is 2.26. The molecule has 1 aromatic carbocycles. The number of hydrogen-bond acceptors (Lipinski definition) is 3. The first-order valence-corrected chi connectivity index (χ1v) is 8.95. The Balaban J connectivity index is 3.14. The molecule has 1 atom stereocenters. The highest BCUT2D eigenvalue weighted by molar-refractivity contribution is 6.69. The lowest BCUT2D eigenvalue weighted by Gasteiger charge is -2.23. The summed E-state index contributed by atoms with van der Waals surface area (Å²) < 4.78 is 47.6. The third-order valence-electron chi connectivity index (χ3n) is 2.06. The van der Waals surface area contributed by atoms with E-state index in [2.05, 4.69) is 4.74 Å². The quantitative estimate of drug-likeness (QED) is 0.773. The maximum atomic E-state index is 13.2. The van der Waals surface area contributed by atoms with Gasteiger partial charge in [-0.05, 0) is 37.8 Å². The summed E-state index contributed by atoms with van der Waals surface area (Å²) in [6.45, 7) is 2.47. The Morgan fingerprint density at radius 1 is 1.26 bits per heavy atom. The van der Waals surface area contributed by atoms with Gasteiger partial charge in [0.15, 0.2) is 14.4 Å². The molecule has 0 aliphatic heterocycles. The Morgan fingerprint density at radius 3 is 2.37 bits per heavy atom. The number of halogens is 3. The van der Waals surface area contributed by atoms with Crippen molar-refractivity contribution < 1.29 is 22.3 Å². The maximum Gasteiger partial charge on any atom is 0.387 e. The summed E-state index contributed by atoms with van der Waals surface area (Å²) in [5.41, 5.74) is -0.0229. The zero-order valence-corrected chi connectivity index (χ0v) is 11.8. The van der Waals surface area contributed by atoms with E-state index >= 15 is 0 Å². The summed E-state index contributed by atoms with van der Waals surface area (Å²) >= 11 is 0. The van der Waals surface area contributed by atoms with E-state index in [0.717, 1.165) is 18.2 Å². The van der Waals surface area contributed by atoms with Crippen LogP contribution >= 0.6 is 0 Å². The van der Waals surface area contributed by atoms with Crippen molar-refractivity contribution in [2.75, 3.05) is 0 Å². The van der Waals surface area contributed by atoms with Gasteiger partial charge in [0.2, 0.25) is 0 Å². The van der Waals surface area contributed by atoms with Gasteiger partial charge < -0.3 is 9.16 Å². The molecule has 0 heterocycles. The van der Waals surface area contributed by atoms with Crippen molar-refractivity contribution >= 4 is 8.32 Å². The molecule has 0 amide bonds. The Kier molecular flexibility index (Phi) is 4.97. The molecule has 0 bridgehead atoms. The molecule has 7 heteroatoms. The van der Waals surface area contributed by atoms with E-state index in [1.807, 2.05) is 25.7 Å². The molecule has 0 radical (unpaired) electrons. The van der Waals surface area contributed by atoms with Crippen LogP contribution in [0.5, 0.6) is 5.75 Å². The second-order valence-electron chi connectivity index (χ2n) is 4.80. The fraction of sp³-hybridized carbons (Fsp3) is 0.417. The first-order valence-electron chi connectivity index (χ1n) is 5.54. The molecule has 0 N–H and O–H groups in total. The number of benzene rings is 1. The minimum absolute atomic E-state index is 0.0229. The van der Waals surface area contributed by atoms with Crippen LogP contribution in [0.4, 0.5) is 13.2 Å². The van der Waals surface area contributed by atoms with Gasteiger partial charge in [0.05, 0.1) is 6.07 Å². The lowest BCUT2D eigenvalue weighted by Crippen LogP contribution is -2.27. The van der Waals surface area contributed by atoms with Crippen molar-refractivity contribution in [3.63, 3.8) is 0 Å². The van der Waals surface area contributed by atoms with Crippen LogP contribution < -0.4 is 4.74 Å². The lowest BCUT2D eigenvalue weighted by atomic mass is 10.1. The predicted octanol–water partition coefficient (Wildman–Crippen LogP) is 3.84. The number of hydrogen-bond donors (Lipinski definition) is 0. The topological polar surface area (TPSA) is 42.2 Å². The summed E-state index contributed by atoms with van der Waals surface area (Å²) in [4.78, 5) is 0. The van der Waals surface area contributed by atoms with Crippen LogP contribution in [0.15, 0.2) is 18.2 Å². The molecule has 1 aromatic rings. The lowest BCUT2D eigenvalue weighted by molar-refractivity contribution is -0.0511. The highest BCUT2D eigenvalue weighted by Crippen LogP contribution is 2.31. The first kappa shape index (κ1) is 15.5. The van der Waals surface area contributed by atoms with E-state index in [9.17, 15) is 13.2 Å². The maximum absolute atomic E-state index is 13.2. The minimum Gasteiger partial charge on any atom is -0.434 e. The van der Waals surface area contributed by atoms with Crippen LogP contribution in [0.25, 0.3) is 0 Å². The van der Waals surface area contributed by atoms with E-state index in [4.69, 9.17) is 9.69 Å². The van der Waals surface area contributed by atoms with E-state index in [1.54, 1.807) is 0 Å². The van der Waals surface area contributed by atoms with Gasteiger partial charge in [0.1, 0.15) is 11.6 Å². The Morgan fingerprint density at radius 2 is 1.89 bits per heavy atom. The van der Waals surface area contributed by atoms with Crippen LogP contribution in [-0.4, -0.2) is 14.9 Å². The molecule has 0 saturated carbocycles. The predicted molar refractivity (Wildman–Crippen MR) is 65.8 cm³/mol. The van der Waals surface area contributed by atoms with Crippen molar-refractivity contribution in [1.82, 2.24) is 0 Å². The SMILES string of the molecule is C[Si](C)(C)OC(C#N)c1cc(F)ccc1OC(F)F. The summed E-state index contributed by atoms with van der Waals surface area (Å²) in [5.74, 6) is -0.891. The molecule has 0 saturated heterocycles. The minimum atomic E-state index is -3.05. The zero-order chi connectivity index (χ0) is 14.6. The molecule has 0 aliphatic rings. The summed E-state index contributed by atoms with van der Waals surface area (Å²) in [7, 11) is -2.09. The molecule has 0 aromatic heterocycles. The Labute approximate surface area is 110 Å². The van der Waals surface area contributed by atoms with Crippen LogP contribution in [0.3, 0.4) is 0 Å². The van der Waals surface area contributed by atoms with Crippen LogP contribution in [-0.2, 0) is 4.43 Å². The highest BCUT2D eigenvalue weighted by atomic mass is 28.4. The molecule has 3 nitrogen and oxygen atoms in total. The number of alkyl halides is 2. The van der Waals surface area contributed by atoms with Crippen LogP contribution in [0.1, 0.15) is 11.7 Å². The summed E-state index contributed by atoms with van der Waals surface area (Å²) in [6.07, 6.45) is -1.13. The number of nitrogens with zero attached hydrogens (tertiary/aromatic N) is 1. The number of rotatable bonds is 5. The van der Waals surface area contributed by atoms with Gasteiger partial charge in [-0.1, -0.05) is 0 Å². The van der Waals surface area contributed by atoms with Crippen LogP contribution in [0, 0.1) is 17.1 Å². The monoisotopic (exact) mass is 289 g/mol. The van der Waals surface area contributed by atoms with Crippen molar-refractivity contribution in [3.05, 3.63) is 29.6 Å². The average molecular weight is 289 g/mol. The zero-order valence-electron chi connectivity index (χ0n) is 10.8. The molecule has 0 aliphatic carbocycles. The van der Waals surface area contributed by atoms with Gasteiger partial charge in [-0.3, -0.25) is 0 Å². The first-order chi connectivity index (χ1) is 8.73. The average Bonchev–Trinajstić information content (AvgIpc) is 2.26. The van der Waals surface area contributed by atoms with Gasteiger partial charge in [-0.2, -0.15) is 14.0 Å². The number of ether oxygens (including phenoxy) is 1. The van der Waals surface area contributed by atoms with E-state index < -0.39 is 26.9 Å². The molecule has 0 fully saturated rings. The molecule has 1 unspecified atom stereocenters. The third-order valence-corrected chi connectivity index (χ3v) is 3.00. The molecule has 0 spiro atoms. The van der Waals surface area contributed by atoms with Gasteiger partial charge in [0, 0.05) is 5.56 Å². The van der Waals surface area contributed by atoms with Crippen molar-refractivity contribution in [2.24, 2.45) is 0 Å². The summed E-state index contributed by atoms with van der Waals surface area (Å²) in [5, 5.41) is 9.07. The van der Waals surface area contributed by atoms with Gasteiger partial charge >= 0.3 is 6.61 Å². The van der Waals surface area contributed by atoms with E-state index in [-0.39, 0.29) is 11.3 Å². The van der Waals surface area contributed by atoms with Crippen molar-refractivity contribution in [2.45, 2.75) is 32.4 Å². The normalized spacial score (nSPS) is 13.2. The number of nitriles is 1. The fourth-order valence-electron chi connectivity index (χ4n) is 1.44. The van der Waals surface area contributed by atoms with Gasteiger partial charge in [-0.25, -0.2) is 4.39 Å². The smallest absolute Gasteiger partial charge is 0.387 e. The van der Waals surface area contributed by atoms with Gasteiger partial charge in [-0.15, -0.1) is 0 Å². The second-order valence-corrected chi connectivity index (χ2v) is 9.26. The summed E-state index contributed by atoms with van der Waals surface area (Å²) in [6, 6.07) is 4.87. The largest absolute Gasteiger partial charge is 0.434 e.